The molecule has 9 aromatic rings. The molecule has 0 N–H and O–H groups in total. The smallest absolute Gasteiger partial charge is 0.175 e. The van der Waals surface area contributed by atoms with Crippen LogP contribution in [0, 0.1) is 0 Å². The monoisotopic (exact) mass is 756 g/mol. The van der Waals surface area contributed by atoms with Crippen molar-refractivity contribution in [1.82, 2.24) is 0 Å². The molecule has 0 radical (unpaired) electrons. The van der Waals surface area contributed by atoms with Crippen molar-refractivity contribution in [3.8, 4) is 22.3 Å². The van der Waals surface area contributed by atoms with Gasteiger partial charge in [0.05, 0.1) is 11.4 Å². The van der Waals surface area contributed by atoms with Gasteiger partial charge < -0.3 is 9.80 Å². The Morgan fingerprint density at radius 1 is 0.305 bits per heavy atom. The fraction of sp³-hybridized carbons (Fsp3) is 0.123. The van der Waals surface area contributed by atoms with Crippen molar-refractivity contribution in [2.24, 2.45) is 0 Å². The van der Waals surface area contributed by atoms with Crippen molar-refractivity contribution in [3.63, 3.8) is 0 Å². The zero-order chi connectivity index (χ0) is 39.7. The third kappa shape index (κ3) is 4.41. The summed E-state index contributed by atoms with van der Waals surface area (Å²) in [5, 5.41) is 4.97. The molecule has 9 aromatic carbocycles. The first kappa shape index (κ1) is 34.2. The molecule has 2 aliphatic carbocycles. The fourth-order valence-corrected chi connectivity index (χ4v) is 11.3. The van der Waals surface area contributed by atoms with Crippen LogP contribution < -0.4 is 9.80 Å². The second-order valence-corrected chi connectivity index (χ2v) is 17.7. The van der Waals surface area contributed by atoms with Crippen LogP contribution in [0.1, 0.15) is 61.1 Å². The average molecular weight is 757 g/mol. The predicted octanol–water partition coefficient (Wildman–Crippen LogP) is 14.8. The van der Waals surface area contributed by atoms with Crippen LogP contribution in [0.25, 0.3) is 43.8 Å². The lowest BCUT2D eigenvalue weighted by Crippen LogP contribution is -2.51. The SMILES string of the molecule is CC1(C)c2ccccc2-c2ccc(N3c4c(c5ccccc5c5ccccc45)N(c4ccc5c(c4)C(C)(C)c4ccccc4-5)C3(c3ccccc3)c3ccccc3)cc21. The van der Waals surface area contributed by atoms with Crippen LogP contribution in [0.5, 0.6) is 0 Å². The summed E-state index contributed by atoms with van der Waals surface area (Å²) in [6, 6.07) is 73.1. The van der Waals surface area contributed by atoms with Crippen LogP contribution in [0.15, 0.2) is 194 Å². The first-order valence-corrected chi connectivity index (χ1v) is 20.9. The van der Waals surface area contributed by atoms with E-state index in [0.717, 1.165) is 11.4 Å². The molecule has 0 bridgehead atoms. The van der Waals surface area contributed by atoms with E-state index in [0.29, 0.717) is 0 Å². The number of hydrogen-bond donors (Lipinski definition) is 0. The molecule has 59 heavy (non-hydrogen) atoms. The molecule has 1 heterocycles. The minimum atomic E-state index is -0.842. The molecule has 12 rings (SSSR count). The van der Waals surface area contributed by atoms with Crippen LogP contribution in [0.3, 0.4) is 0 Å². The lowest BCUT2D eigenvalue weighted by Gasteiger charge is -2.47. The zero-order valence-electron chi connectivity index (χ0n) is 33.9. The largest absolute Gasteiger partial charge is 0.307 e. The van der Waals surface area contributed by atoms with E-state index in [-0.39, 0.29) is 10.8 Å². The van der Waals surface area contributed by atoms with E-state index in [4.69, 9.17) is 0 Å². The molecule has 3 aliphatic rings. The molecule has 0 atom stereocenters. The number of anilines is 4. The van der Waals surface area contributed by atoms with Crippen molar-refractivity contribution in [2.75, 3.05) is 9.80 Å². The highest BCUT2D eigenvalue weighted by Gasteiger charge is 2.56. The van der Waals surface area contributed by atoms with E-state index in [2.05, 4.69) is 232 Å². The molecule has 1 aliphatic heterocycles. The average Bonchev–Trinajstić information content (AvgIpc) is 3.83. The number of nitrogens with zero attached hydrogens (tertiary/aromatic N) is 2. The van der Waals surface area contributed by atoms with Gasteiger partial charge in [-0.1, -0.05) is 198 Å². The molecule has 0 spiro atoms. The molecular weight excluding hydrogens is 713 g/mol. The van der Waals surface area contributed by atoms with Crippen molar-refractivity contribution in [2.45, 2.75) is 44.2 Å². The van der Waals surface area contributed by atoms with Crippen LogP contribution in [0.4, 0.5) is 22.7 Å². The normalized spacial score (nSPS) is 16.1. The van der Waals surface area contributed by atoms with Crippen LogP contribution in [0.2, 0.25) is 0 Å². The molecule has 282 valence electrons. The van der Waals surface area contributed by atoms with Crippen molar-refractivity contribution < 1.29 is 0 Å². The number of benzene rings is 9. The van der Waals surface area contributed by atoms with Gasteiger partial charge in [-0.2, -0.15) is 0 Å². The molecule has 0 saturated heterocycles. The molecule has 0 unspecified atom stereocenters. The quantitative estimate of drug-likeness (QED) is 0.165. The Labute approximate surface area is 346 Å². The van der Waals surface area contributed by atoms with Crippen LogP contribution in [-0.4, -0.2) is 0 Å². The van der Waals surface area contributed by atoms with E-state index < -0.39 is 5.66 Å². The predicted molar refractivity (Wildman–Crippen MR) is 247 cm³/mol. The van der Waals surface area contributed by atoms with E-state index >= 15 is 0 Å². The number of fused-ring (bicyclic) bond motifs is 12. The van der Waals surface area contributed by atoms with Crippen molar-refractivity contribution in [3.05, 3.63) is 228 Å². The number of rotatable bonds is 4. The third-order valence-corrected chi connectivity index (χ3v) is 14.0. The van der Waals surface area contributed by atoms with E-state index in [1.54, 1.807) is 0 Å². The van der Waals surface area contributed by atoms with Gasteiger partial charge in [-0.15, -0.1) is 0 Å². The Bertz CT molecular complexity index is 2960. The van der Waals surface area contributed by atoms with Gasteiger partial charge in [0.2, 0.25) is 0 Å². The first-order chi connectivity index (χ1) is 28.8. The van der Waals surface area contributed by atoms with Crippen molar-refractivity contribution in [1.29, 1.82) is 0 Å². The Morgan fingerprint density at radius 2 is 0.644 bits per heavy atom. The molecule has 2 heteroatoms. The minimum Gasteiger partial charge on any atom is -0.307 e. The summed E-state index contributed by atoms with van der Waals surface area (Å²) in [5.74, 6) is 0. The highest BCUT2D eigenvalue weighted by Crippen LogP contribution is 2.65. The summed E-state index contributed by atoms with van der Waals surface area (Å²) in [6.45, 7) is 9.56. The number of hydrogen-bond acceptors (Lipinski definition) is 2. The van der Waals surface area contributed by atoms with Gasteiger partial charge in [-0.25, -0.2) is 0 Å². The summed E-state index contributed by atoms with van der Waals surface area (Å²) < 4.78 is 0. The Hall–Kier alpha value is -6.90. The highest BCUT2D eigenvalue weighted by molar-refractivity contribution is 6.24. The van der Waals surface area contributed by atoms with Gasteiger partial charge in [0.15, 0.2) is 5.66 Å². The van der Waals surface area contributed by atoms with E-state index in [9.17, 15) is 0 Å². The molecule has 2 nitrogen and oxygen atoms in total. The molecule has 0 fully saturated rings. The Kier molecular flexibility index (Phi) is 6.99. The summed E-state index contributed by atoms with van der Waals surface area (Å²) in [7, 11) is 0. The van der Waals surface area contributed by atoms with Crippen molar-refractivity contribution >= 4 is 44.3 Å². The van der Waals surface area contributed by atoms with Gasteiger partial charge in [0.25, 0.3) is 0 Å². The van der Waals surface area contributed by atoms with E-state index in [1.165, 1.54) is 88.6 Å². The van der Waals surface area contributed by atoms with Gasteiger partial charge >= 0.3 is 0 Å². The molecular formula is C57H44N2. The first-order valence-electron chi connectivity index (χ1n) is 20.9. The maximum Gasteiger partial charge on any atom is 0.175 e. The van der Waals surface area contributed by atoms with Gasteiger partial charge in [0.1, 0.15) is 0 Å². The topological polar surface area (TPSA) is 6.48 Å². The third-order valence-electron chi connectivity index (χ3n) is 14.0. The fourth-order valence-electron chi connectivity index (χ4n) is 11.3. The second kappa shape index (κ2) is 12.1. The molecule has 0 amide bonds. The van der Waals surface area contributed by atoms with Crippen LogP contribution in [-0.2, 0) is 16.5 Å². The van der Waals surface area contributed by atoms with Gasteiger partial charge in [-0.05, 0) is 79.5 Å². The minimum absolute atomic E-state index is 0.168. The summed E-state index contributed by atoms with van der Waals surface area (Å²) in [6.07, 6.45) is 0. The molecule has 0 saturated carbocycles. The summed E-state index contributed by atoms with van der Waals surface area (Å²) in [4.78, 5) is 5.41. The standard InChI is InChI=1S/C57H44N2/c1-55(2)49-29-17-15-25-43(49)45-33-31-39(35-51(45)55)58-53-47-27-13-11-23-41(47)42-24-12-14-28-48(42)54(53)59(57(58,37-19-7-5-8-20-37)38-21-9-6-10-22-38)40-32-34-46-44-26-16-18-30-50(44)56(3,4)52(46)36-40/h5-36H,1-4H3. The van der Waals surface area contributed by atoms with Crippen LogP contribution >= 0.6 is 0 Å². The molecule has 0 aromatic heterocycles. The zero-order valence-corrected chi connectivity index (χ0v) is 33.9. The van der Waals surface area contributed by atoms with Gasteiger partial charge in [-0.3, -0.25) is 0 Å². The summed E-state index contributed by atoms with van der Waals surface area (Å²) in [5.41, 5.74) is 16.7. The highest BCUT2D eigenvalue weighted by atomic mass is 15.5. The maximum atomic E-state index is 2.70. The Morgan fingerprint density at radius 3 is 1.07 bits per heavy atom. The Balaban J connectivity index is 1.26. The summed E-state index contributed by atoms with van der Waals surface area (Å²) >= 11 is 0. The van der Waals surface area contributed by atoms with Gasteiger partial charge in [0, 0.05) is 44.1 Å². The lowest BCUT2D eigenvalue weighted by molar-refractivity contribution is 0.559. The second-order valence-electron chi connectivity index (χ2n) is 17.7. The van der Waals surface area contributed by atoms with E-state index in [1.807, 2.05) is 0 Å². The maximum absolute atomic E-state index is 2.70. The lowest BCUT2D eigenvalue weighted by atomic mass is 9.81.